The number of hydrogen-bond donors (Lipinski definition) is 0. The molecule has 7 aliphatic heterocycles. The molecule has 18 bridgehead atoms. The predicted molar refractivity (Wildman–Crippen MR) is 607 cm³/mol. The fraction of sp³-hybridized carbons (Fsp3) is 0.429. The minimum absolute atomic E-state index is 0.243. The van der Waals surface area contributed by atoms with Crippen LogP contribution in [0, 0.1) is 18.2 Å². The van der Waals surface area contributed by atoms with E-state index in [9.17, 15) is 0 Å². The number of fused-ring (bicyclic) bond motifs is 18. The van der Waals surface area contributed by atoms with E-state index >= 15 is 0 Å². The van der Waals surface area contributed by atoms with Crippen LogP contribution in [0.15, 0.2) is 260 Å². The Hall–Kier alpha value is -13.2. The van der Waals surface area contributed by atoms with Gasteiger partial charge in [0, 0.05) is 33.4 Å². The highest BCUT2D eigenvalue weighted by Gasteiger charge is 2.53. The molecule has 0 fully saturated rings. The van der Waals surface area contributed by atoms with Gasteiger partial charge in [-0.1, -0.05) is 340 Å². The average molecular weight is 1910 g/mol. The number of amidine groups is 6. The van der Waals surface area contributed by atoms with Gasteiger partial charge in [-0.05, 0) is 223 Å². The third-order valence-electron chi connectivity index (χ3n) is 29.2. The van der Waals surface area contributed by atoms with Crippen LogP contribution < -0.4 is 30.1 Å². The summed E-state index contributed by atoms with van der Waals surface area (Å²) >= 11 is 0. The van der Waals surface area contributed by atoms with Crippen LogP contribution in [0.4, 0.5) is 34.1 Å². The molecule has 10 aliphatic rings. The molecule has 9 aromatic rings. The Morgan fingerprint density at radius 2 is 0.354 bits per heavy atom. The molecule has 18 heteroatoms. The van der Waals surface area contributed by atoms with Gasteiger partial charge in [0.25, 0.3) is 0 Å². The van der Waals surface area contributed by atoms with E-state index in [0.717, 1.165) is 119 Å². The molecule has 0 saturated carbocycles. The summed E-state index contributed by atoms with van der Waals surface area (Å²) in [5, 5.41) is 48.0. The normalized spacial score (nSPS) is 18.9. The number of hydrogen-bond acceptors (Lipinski definition) is 18. The first-order valence-corrected chi connectivity index (χ1v) is 51.7. The number of nitrogens with zero attached hydrogens (tertiary/aromatic N) is 18. The maximum absolute atomic E-state index is 5.88. The fourth-order valence-electron chi connectivity index (χ4n) is 19.5. The Morgan fingerprint density at radius 1 is 0.194 bits per heavy atom. The first-order chi connectivity index (χ1) is 66.8. The molecule has 3 unspecified atom stereocenters. The largest absolute Gasteiger partial charge is 0.309 e. The van der Waals surface area contributed by atoms with Gasteiger partial charge < -0.3 is 0 Å². The van der Waals surface area contributed by atoms with Gasteiger partial charge in [0.2, 0.25) is 52.8 Å². The summed E-state index contributed by atoms with van der Waals surface area (Å²) in [4.78, 5) is 35.1. The van der Waals surface area contributed by atoms with Crippen molar-refractivity contribution in [3.63, 3.8) is 0 Å². The lowest BCUT2D eigenvalue weighted by molar-refractivity contribution is 0.567. The second-order valence-electron chi connectivity index (χ2n) is 53.6. The van der Waals surface area contributed by atoms with Gasteiger partial charge in [-0.25, -0.2) is 30.0 Å². The van der Waals surface area contributed by atoms with Gasteiger partial charge >= 0.3 is 17.1 Å². The molecule has 0 amide bonds. The zero-order valence-electron chi connectivity index (χ0n) is 92.2. The summed E-state index contributed by atoms with van der Waals surface area (Å²) in [6, 6.07) is 65.6. The van der Waals surface area contributed by atoms with E-state index in [1.165, 1.54) is 66.8 Å². The molecule has 0 saturated heterocycles. The predicted octanol–water partition coefficient (Wildman–Crippen LogP) is 28.8. The summed E-state index contributed by atoms with van der Waals surface area (Å²) in [5.74, 6) is 3.07. The quantitative estimate of drug-likeness (QED) is 0.150. The van der Waals surface area contributed by atoms with E-state index in [1.54, 1.807) is 0 Å². The van der Waals surface area contributed by atoms with E-state index in [0.29, 0.717) is 54.3 Å². The van der Waals surface area contributed by atoms with Crippen LogP contribution in [0.5, 0.6) is 0 Å². The summed E-state index contributed by atoms with van der Waals surface area (Å²) in [6.07, 6.45) is 13.5. The number of anilines is 6. The summed E-state index contributed by atoms with van der Waals surface area (Å²) in [6.45, 7) is 82.5. The smallest absolute Gasteiger partial charge is 0.228 e. The van der Waals surface area contributed by atoms with Crippen LogP contribution in [0.3, 0.4) is 0 Å². The minimum Gasteiger partial charge on any atom is -0.228 e. The van der Waals surface area contributed by atoms with Crippen LogP contribution in [0.2, 0.25) is 0 Å². The lowest BCUT2D eigenvalue weighted by atomic mass is 9.80. The van der Waals surface area contributed by atoms with Gasteiger partial charge in [-0.2, -0.15) is 15.0 Å². The molecule has 3 atom stereocenters. The van der Waals surface area contributed by atoms with Crippen molar-refractivity contribution in [1.29, 1.82) is 0 Å². The number of rotatable bonds is 6. The van der Waals surface area contributed by atoms with Crippen molar-refractivity contribution >= 4 is 103 Å². The maximum Gasteiger partial charge on any atom is 0.309 e. The van der Waals surface area contributed by atoms with Gasteiger partial charge in [0.15, 0.2) is 17.5 Å². The highest BCUT2D eigenvalue weighted by Crippen LogP contribution is 2.49. The van der Waals surface area contributed by atoms with Gasteiger partial charge in [0.05, 0.1) is 34.1 Å². The van der Waals surface area contributed by atoms with E-state index in [4.69, 9.17) is 60.6 Å². The van der Waals surface area contributed by atoms with Gasteiger partial charge in [-0.3, -0.25) is 0 Å². The van der Waals surface area contributed by atoms with E-state index in [-0.39, 0.29) is 65.0 Å². The van der Waals surface area contributed by atoms with Gasteiger partial charge in [0.1, 0.15) is 54.6 Å². The van der Waals surface area contributed by atoms with Crippen LogP contribution in [0.1, 0.15) is 369 Å². The van der Waals surface area contributed by atoms with Crippen molar-refractivity contribution < 1.29 is 0 Å². The molecule has 0 radical (unpaired) electrons. The van der Waals surface area contributed by atoms with E-state index in [1.807, 2.05) is 0 Å². The molecule has 144 heavy (non-hydrogen) atoms. The first kappa shape index (κ1) is 99.5. The molecule has 738 valence electrons. The third kappa shape index (κ3) is 19.4. The Balaban J connectivity index is 0.901. The minimum atomic E-state index is -0.626. The number of benzene rings is 9. The fourth-order valence-corrected chi connectivity index (χ4v) is 19.5. The lowest BCUT2D eigenvalue weighted by Gasteiger charge is -2.34. The SMILES string of the molecule is CC(C)(C)c1cc(N2N=C3N=C4CC5=NC(=NN(c6cc(C(C)(C)C)cc(C(C)(C)C)c6)C5[C+]=C42)c2cccc(c2)C2=NN(c4cc(C(C)(C)C)cc(C(C)(C)C)c4)C4=[C+]C5C(=NC(=NN5c5cc(C(C)(C)C)cc(C(C)(C)C)c5)c5cccc(c5)C5=NN(c6cc(C(C)(C)C)cc(C(C)(C)C)c6)C6[C+]=C7C(=NC(=NN7c7cc(C(C)(C)C)cc(C(C)(C)C)c7)c7cccc3c7)CC6=N5)CC4=N2)cc(C(C)(C)C)c1. The molecule has 19 rings (SSSR count). The molecule has 0 spiro atoms. The topological polar surface area (TPSA) is 168 Å². The number of allylic oxidation sites excluding steroid dienone is 3. The lowest BCUT2D eigenvalue weighted by Crippen LogP contribution is -2.48. The molecule has 0 aromatic heterocycles. The zero-order valence-corrected chi connectivity index (χ0v) is 92.2. The third-order valence-corrected chi connectivity index (χ3v) is 29.2. The molecular weight excluding hydrogens is 1770 g/mol. The number of aliphatic imine (C=N–C) groups is 6. The molecule has 0 N–H and O–H groups in total. The standard InChI is InChI=1S/C126H147N18/c1-115(2,3)79-49-80(116(4,5)6)56-91(55-79)139-103-70-104-98-67-97(103)127-109(133-139)73-40-37-41-74(46-73)110-129-99-68-100-106(71-105(99)141(135-110)93-59-83(119(13,14)15)51-84(60-93)120(16,17)18)142(94-61-85(121(19,20)21)52-86(62-94)122(22,23)24)137-113(130-100)77-44-39-45-78(48-77)114-132-102-69-101-107(72-108(102)144(138-114)96-65-89(125(31,32)33)54-90(66-96)126(34,35)36)143(95-63-87(123(25,26)27)53-88(64-95)124(28,29)30)136-112(131-101)76-43-38-42-75(47-76)111(128-98)134-140(104)92-57-81(117(7,8)9)50-82(58-92)118(10,11)12/h37-66,103,105,107H,67-69H2,1-36H3/q+3. The second kappa shape index (κ2) is 34.2. The van der Waals surface area contributed by atoms with Crippen LogP contribution in [0.25, 0.3) is 0 Å². The summed E-state index contributed by atoms with van der Waals surface area (Å²) < 4.78 is 0. The van der Waals surface area contributed by atoms with Crippen molar-refractivity contribution in [2.45, 2.75) is 352 Å². The first-order valence-electron chi connectivity index (χ1n) is 51.7. The van der Waals surface area contributed by atoms with E-state index in [2.05, 4.69) is 480 Å². The van der Waals surface area contributed by atoms with Crippen molar-refractivity contribution in [3.05, 3.63) is 317 Å². The van der Waals surface area contributed by atoms with Gasteiger partial charge in [-0.15, -0.1) is 45.6 Å². The molecule has 18 nitrogen and oxygen atoms in total. The molecule has 3 aliphatic carbocycles. The maximum atomic E-state index is 5.88. The number of hydrazone groups is 6. The Bertz CT molecular complexity index is 7120. The zero-order chi connectivity index (χ0) is 104. The van der Waals surface area contributed by atoms with Crippen LogP contribution in [-0.2, 0) is 65.0 Å². The average Bonchev–Trinajstić information content (AvgIpc) is 0.736. The van der Waals surface area contributed by atoms with Crippen molar-refractivity contribution in [1.82, 2.24) is 0 Å². The monoisotopic (exact) mass is 1910 g/mol. The highest BCUT2D eigenvalue weighted by molar-refractivity contribution is 6.31. The summed E-state index contributed by atoms with van der Waals surface area (Å²) in [7, 11) is 0. The van der Waals surface area contributed by atoms with Crippen LogP contribution >= 0.6 is 0 Å². The van der Waals surface area contributed by atoms with Crippen molar-refractivity contribution in [3.8, 4) is 0 Å². The van der Waals surface area contributed by atoms with Crippen LogP contribution in [-0.4, -0.2) is 87.4 Å². The highest BCUT2D eigenvalue weighted by atomic mass is 15.5. The van der Waals surface area contributed by atoms with E-state index < -0.39 is 18.1 Å². The molecular formula is C126H147N18+3. The van der Waals surface area contributed by atoms with Crippen molar-refractivity contribution in [2.24, 2.45) is 60.6 Å². The molecule has 9 aromatic carbocycles. The Morgan fingerprint density at radius 3 is 0.521 bits per heavy atom. The van der Waals surface area contributed by atoms with Crippen molar-refractivity contribution in [2.75, 3.05) is 30.1 Å². The summed E-state index contributed by atoms with van der Waals surface area (Å²) in [5.41, 5.74) is 28.2. The second-order valence-corrected chi connectivity index (χ2v) is 53.6. The Kier molecular flexibility index (Phi) is 23.6. The molecule has 7 heterocycles. The Labute approximate surface area is 857 Å².